The molecule has 0 bridgehead atoms. The second-order valence-electron chi connectivity index (χ2n) is 8.36. The van der Waals surface area contributed by atoms with Gasteiger partial charge in [0.15, 0.2) is 0 Å². The number of thiazole rings is 1. The predicted molar refractivity (Wildman–Crippen MR) is 142 cm³/mol. The van der Waals surface area contributed by atoms with E-state index in [2.05, 4.69) is 33.5 Å². The fraction of sp³-hybridized carbons (Fsp3) is 0.143. The number of para-hydroxylation sites is 1. The van der Waals surface area contributed by atoms with Crippen LogP contribution in [0.15, 0.2) is 72.9 Å². The van der Waals surface area contributed by atoms with E-state index in [1.165, 1.54) is 11.3 Å². The van der Waals surface area contributed by atoms with Crippen molar-refractivity contribution in [1.82, 2.24) is 10.3 Å². The van der Waals surface area contributed by atoms with Crippen molar-refractivity contribution in [2.24, 2.45) is 0 Å². The molecule has 36 heavy (non-hydrogen) atoms. The number of nitriles is 1. The standard InChI is InChI=1S/C28H23N5O2S/c1-2-13-33-24-6-4-3-5-22(24)27(35)32-23-14-20(11-12-25(23)33)26(34)30-16-21-17-31-28(36-21)19-9-7-18(15-29)8-10-19/h3-12,14,17H,2,13,16H2,1H3,(H,30,34)(H,32,35). The van der Waals surface area contributed by atoms with Gasteiger partial charge >= 0.3 is 0 Å². The Balaban J connectivity index is 1.33. The Kier molecular flexibility index (Phi) is 6.48. The van der Waals surface area contributed by atoms with E-state index >= 15 is 0 Å². The van der Waals surface area contributed by atoms with Gasteiger partial charge in [-0.3, -0.25) is 9.59 Å². The Labute approximate surface area is 213 Å². The summed E-state index contributed by atoms with van der Waals surface area (Å²) in [6.45, 7) is 3.18. The second-order valence-corrected chi connectivity index (χ2v) is 9.47. The van der Waals surface area contributed by atoms with Crippen LogP contribution in [0.4, 0.5) is 17.1 Å². The van der Waals surface area contributed by atoms with Gasteiger partial charge in [-0.1, -0.05) is 31.2 Å². The maximum atomic E-state index is 13.0. The predicted octanol–water partition coefficient (Wildman–Crippen LogP) is 5.73. The third-order valence-electron chi connectivity index (χ3n) is 5.92. The fourth-order valence-corrected chi connectivity index (χ4v) is 5.03. The Bertz CT molecular complexity index is 1490. The molecule has 178 valence electrons. The van der Waals surface area contributed by atoms with Crippen molar-refractivity contribution in [2.45, 2.75) is 19.9 Å². The van der Waals surface area contributed by atoms with Crippen LogP contribution in [0.1, 0.15) is 44.5 Å². The molecule has 1 aliphatic rings. The SMILES string of the molecule is CCCN1c2ccc(C(=O)NCc3cnc(-c4ccc(C#N)cc4)s3)cc2NC(=O)c2ccccc21. The summed E-state index contributed by atoms with van der Waals surface area (Å²) in [5, 5.41) is 15.7. The zero-order valence-corrected chi connectivity index (χ0v) is 20.4. The monoisotopic (exact) mass is 493 g/mol. The zero-order valence-electron chi connectivity index (χ0n) is 19.6. The molecule has 7 nitrogen and oxygen atoms in total. The van der Waals surface area contributed by atoms with Crippen molar-refractivity contribution < 1.29 is 9.59 Å². The third-order valence-corrected chi connectivity index (χ3v) is 6.97. The Morgan fingerprint density at radius 3 is 2.69 bits per heavy atom. The maximum absolute atomic E-state index is 13.0. The normalized spacial score (nSPS) is 12.1. The molecule has 1 aromatic heterocycles. The molecule has 0 saturated heterocycles. The minimum atomic E-state index is -0.232. The number of nitrogens with zero attached hydrogens (tertiary/aromatic N) is 3. The van der Waals surface area contributed by atoms with Crippen LogP contribution in [0.2, 0.25) is 0 Å². The lowest BCUT2D eigenvalue weighted by atomic mass is 10.1. The van der Waals surface area contributed by atoms with E-state index in [-0.39, 0.29) is 11.8 Å². The molecule has 4 aromatic rings. The third kappa shape index (κ3) is 4.57. The van der Waals surface area contributed by atoms with Gasteiger partial charge in [0.2, 0.25) is 0 Å². The molecule has 0 unspecified atom stereocenters. The highest BCUT2D eigenvalue weighted by Crippen LogP contribution is 2.38. The van der Waals surface area contributed by atoms with E-state index in [1.54, 1.807) is 30.5 Å². The highest BCUT2D eigenvalue weighted by molar-refractivity contribution is 7.15. The van der Waals surface area contributed by atoms with Crippen molar-refractivity contribution in [2.75, 3.05) is 16.8 Å². The van der Waals surface area contributed by atoms with Crippen LogP contribution in [-0.2, 0) is 6.54 Å². The molecular weight excluding hydrogens is 470 g/mol. The molecule has 0 spiro atoms. The summed E-state index contributed by atoms with van der Waals surface area (Å²) in [6.07, 6.45) is 2.65. The van der Waals surface area contributed by atoms with Crippen LogP contribution in [0, 0.1) is 11.3 Å². The number of carbonyl (C=O) groups is 2. The average molecular weight is 494 g/mol. The molecule has 8 heteroatoms. The largest absolute Gasteiger partial charge is 0.347 e. The fourth-order valence-electron chi connectivity index (χ4n) is 4.18. The van der Waals surface area contributed by atoms with Gasteiger partial charge in [-0.2, -0.15) is 5.26 Å². The van der Waals surface area contributed by atoms with Gasteiger partial charge < -0.3 is 15.5 Å². The number of fused-ring (bicyclic) bond motifs is 2. The van der Waals surface area contributed by atoms with E-state index in [4.69, 9.17) is 5.26 Å². The van der Waals surface area contributed by atoms with Crippen LogP contribution in [0.3, 0.4) is 0 Å². The van der Waals surface area contributed by atoms with Crippen molar-refractivity contribution in [1.29, 1.82) is 5.26 Å². The number of nitrogens with one attached hydrogen (secondary N) is 2. The Morgan fingerprint density at radius 1 is 1.11 bits per heavy atom. The first-order valence-electron chi connectivity index (χ1n) is 11.6. The number of aromatic nitrogens is 1. The number of amides is 2. The number of carbonyl (C=O) groups excluding carboxylic acids is 2. The van der Waals surface area contributed by atoms with Crippen LogP contribution in [-0.4, -0.2) is 23.3 Å². The molecule has 5 rings (SSSR count). The summed E-state index contributed by atoms with van der Waals surface area (Å²) >= 11 is 1.49. The summed E-state index contributed by atoms with van der Waals surface area (Å²) < 4.78 is 0. The molecule has 2 N–H and O–H groups in total. The van der Waals surface area contributed by atoms with Crippen molar-refractivity contribution >= 4 is 40.2 Å². The summed E-state index contributed by atoms with van der Waals surface area (Å²) in [4.78, 5) is 33.3. The van der Waals surface area contributed by atoms with Crippen LogP contribution in [0.5, 0.6) is 0 Å². The van der Waals surface area contributed by atoms with Crippen LogP contribution < -0.4 is 15.5 Å². The quantitative estimate of drug-likeness (QED) is 0.358. The lowest BCUT2D eigenvalue weighted by Gasteiger charge is -2.25. The molecule has 0 atom stereocenters. The molecule has 2 amide bonds. The summed E-state index contributed by atoms with van der Waals surface area (Å²) in [7, 11) is 0. The summed E-state index contributed by atoms with van der Waals surface area (Å²) in [5.41, 5.74) is 4.93. The van der Waals surface area contributed by atoms with Crippen molar-refractivity contribution in [3.05, 3.63) is 94.5 Å². The van der Waals surface area contributed by atoms with Crippen LogP contribution in [0.25, 0.3) is 10.6 Å². The second kappa shape index (κ2) is 10.0. The maximum Gasteiger partial charge on any atom is 0.257 e. The molecule has 3 aromatic carbocycles. The highest BCUT2D eigenvalue weighted by Gasteiger charge is 2.25. The molecule has 0 radical (unpaired) electrons. The van der Waals surface area contributed by atoms with Gasteiger partial charge in [-0.15, -0.1) is 11.3 Å². The van der Waals surface area contributed by atoms with Gasteiger partial charge in [0.05, 0.1) is 40.8 Å². The number of rotatable bonds is 6. The molecule has 0 aliphatic carbocycles. The van der Waals surface area contributed by atoms with Gasteiger partial charge in [0.1, 0.15) is 5.01 Å². The minimum absolute atomic E-state index is 0.192. The molecule has 0 saturated carbocycles. The van der Waals surface area contributed by atoms with Gasteiger partial charge in [-0.25, -0.2) is 4.98 Å². The van der Waals surface area contributed by atoms with Crippen molar-refractivity contribution in [3.8, 4) is 16.6 Å². The van der Waals surface area contributed by atoms with Crippen LogP contribution >= 0.6 is 11.3 Å². The first-order chi connectivity index (χ1) is 17.6. The number of benzene rings is 3. The summed E-state index contributed by atoms with van der Waals surface area (Å²) in [6, 6.07) is 22.3. The lowest BCUT2D eigenvalue weighted by molar-refractivity contribution is 0.0950. The Hall–Kier alpha value is -4.48. The van der Waals surface area contributed by atoms with E-state index in [9.17, 15) is 9.59 Å². The van der Waals surface area contributed by atoms with Crippen molar-refractivity contribution in [3.63, 3.8) is 0 Å². The summed E-state index contributed by atoms with van der Waals surface area (Å²) in [5.74, 6) is -0.424. The van der Waals surface area contributed by atoms with E-state index < -0.39 is 0 Å². The number of hydrogen-bond acceptors (Lipinski definition) is 6. The zero-order chi connectivity index (χ0) is 25.1. The Morgan fingerprint density at radius 2 is 1.92 bits per heavy atom. The topological polar surface area (TPSA) is 98.1 Å². The lowest BCUT2D eigenvalue weighted by Crippen LogP contribution is -2.23. The van der Waals surface area contributed by atoms with E-state index in [0.717, 1.165) is 39.8 Å². The van der Waals surface area contributed by atoms with E-state index in [1.807, 2.05) is 42.5 Å². The van der Waals surface area contributed by atoms with Gasteiger partial charge in [0, 0.05) is 28.7 Å². The van der Waals surface area contributed by atoms with Gasteiger partial charge in [-0.05, 0) is 48.9 Å². The smallest absolute Gasteiger partial charge is 0.257 e. The molecule has 0 fully saturated rings. The minimum Gasteiger partial charge on any atom is -0.347 e. The highest BCUT2D eigenvalue weighted by atomic mass is 32.1. The number of hydrogen-bond donors (Lipinski definition) is 2. The number of anilines is 3. The molecule has 2 heterocycles. The molecular formula is C28H23N5O2S. The average Bonchev–Trinajstić information content (AvgIpc) is 3.35. The van der Waals surface area contributed by atoms with E-state index in [0.29, 0.717) is 28.9 Å². The first-order valence-corrected chi connectivity index (χ1v) is 12.4. The first kappa shape index (κ1) is 23.3. The van der Waals surface area contributed by atoms with Gasteiger partial charge in [0.25, 0.3) is 11.8 Å². The molecule has 1 aliphatic heterocycles.